The summed E-state index contributed by atoms with van der Waals surface area (Å²) in [6, 6.07) is 9.54. The van der Waals surface area contributed by atoms with Crippen LogP contribution < -0.4 is 0 Å². The summed E-state index contributed by atoms with van der Waals surface area (Å²) in [5, 5.41) is 14.2. The number of carboxylic acid groups (broad SMARTS) is 1. The average Bonchev–Trinajstić information content (AvgIpc) is 3.23. The molecule has 0 saturated carbocycles. The predicted octanol–water partition coefficient (Wildman–Crippen LogP) is 4.67. The number of methoxy groups -OCH3 is 2. The Morgan fingerprint density at radius 3 is 2.42 bits per heavy atom. The first-order valence-electron chi connectivity index (χ1n) is 11.3. The number of aromatic carboxylic acids is 1. The summed E-state index contributed by atoms with van der Waals surface area (Å²) in [7, 11) is 3.26. The zero-order valence-electron chi connectivity index (χ0n) is 19.7. The number of carboxylic acids is 1. The van der Waals surface area contributed by atoms with Crippen LogP contribution in [0, 0.1) is 0 Å². The minimum Gasteiger partial charge on any atom is -0.478 e. The molecule has 0 aliphatic rings. The maximum Gasteiger partial charge on any atom is 0.337 e. The third kappa shape index (κ3) is 5.46. The van der Waals surface area contributed by atoms with Gasteiger partial charge in [0, 0.05) is 46.0 Å². The zero-order valence-corrected chi connectivity index (χ0v) is 19.7. The maximum absolute atomic E-state index is 11.5. The van der Waals surface area contributed by atoms with Gasteiger partial charge in [-0.25, -0.2) is 14.5 Å². The molecule has 2 aromatic heterocycles. The van der Waals surface area contributed by atoms with E-state index in [0.717, 1.165) is 42.8 Å². The van der Waals surface area contributed by atoms with Crippen LogP contribution in [0.3, 0.4) is 0 Å². The number of unbranched alkanes of at least 4 members (excludes halogenated alkanes) is 1. The number of hydrogen-bond donors (Lipinski definition) is 1. The third-order valence-corrected chi connectivity index (χ3v) is 5.72. The Labute approximate surface area is 194 Å². The van der Waals surface area contributed by atoms with Crippen molar-refractivity contribution in [1.29, 1.82) is 0 Å². The summed E-state index contributed by atoms with van der Waals surface area (Å²) in [5.41, 5.74) is 2.70. The predicted molar refractivity (Wildman–Crippen MR) is 125 cm³/mol. The number of aryl methyl sites for hydroxylation is 1. The summed E-state index contributed by atoms with van der Waals surface area (Å²) in [6.07, 6.45) is 7.12. The number of hydrogen-bond acceptors (Lipinski definition) is 6. The van der Waals surface area contributed by atoms with Gasteiger partial charge in [-0.3, -0.25) is 4.98 Å². The van der Waals surface area contributed by atoms with Crippen LogP contribution in [-0.4, -0.2) is 45.0 Å². The Hall–Kier alpha value is -3.10. The van der Waals surface area contributed by atoms with Crippen LogP contribution in [0.1, 0.15) is 67.1 Å². The molecule has 8 nitrogen and oxygen atoms in total. The number of ether oxygens (including phenoxy) is 2. The summed E-state index contributed by atoms with van der Waals surface area (Å²) in [6.45, 7) is 4.97. The second-order valence-corrected chi connectivity index (χ2v) is 7.94. The zero-order chi connectivity index (χ0) is 23.8. The van der Waals surface area contributed by atoms with Crippen molar-refractivity contribution in [3.05, 3.63) is 65.5 Å². The van der Waals surface area contributed by atoms with Gasteiger partial charge in [-0.05, 0) is 35.6 Å². The Morgan fingerprint density at radius 2 is 1.82 bits per heavy atom. The molecule has 0 spiro atoms. The number of benzene rings is 1. The van der Waals surface area contributed by atoms with Crippen LogP contribution >= 0.6 is 0 Å². The van der Waals surface area contributed by atoms with E-state index in [1.165, 1.54) is 6.20 Å². The number of carbonyl (C=O) groups is 1. The van der Waals surface area contributed by atoms with Gasteiger partial charge in [0.05, 0.1) is 5.56 Å². The Morgan fingerprint density at radius 1 is 1.09 bits per heavy atom. The lowest BCUT2D eigenvalue weighted by atomic mass is 10.00. The molecule has 0 aliphatic heterocycles. The lowest BCUT2D eigenvalue weighted by Gasteiger charge is -2.27. The first-order valence-corrected chi connectivity index (χ1v) is 11.3. The van der Waals surface area contributed by atoms with E-state index in [1.54, 1.807) is 26.5 Å². The Bertz CT molecular complexity index is 1060. The van der Waals surface area contributed by atoms with Crippen molar-refractivity contribution in [3.8, 4) is 11.1 Å². The molecule has 176 valence electrons. The lowest BCUT2D eigenvalue weighted by Crippen LogP contribution is -2.32. The summed E-state index contributed by atoms with van der Waals surface area (Å²) in [5.74, 6) is -0.568. The molecule has 3 aromatic rings. The molecule has 8 heteroatoms. The molecule has 0 fully saturated rings. The first kappa shape index (κ1) is 24.5. The van der Waals surface area contributed by atoms with Crippen molar-refractivity contribution in [2.75, 3.05) is 14.2 Å². The lowest BCUT2D eigenvalue weighted by molar-refractivity contribution is -0.226. The van der Waals surface area contributed by atoms with Crippen molar-refractivity contribution in [2.24, 2.45) is 0 Å². The molecular weight excluding hydrogens is 420 g/mol. The molecule has 33 heavy (non-hydrogen) atoms. The SMILES string of the molecule is CCCCC(OC)(OC)c1nc(Cc2ccc(-c3ccncc3C(=O)O)cc2)n(CCC)n1. The first-order chi connectivity index (χ1) is 16.0. The standard InChI is InChI=1S/C25H32N4O4/c1-5-7-13-25(32-3,33-4)24-27-22(29(28-24)15-6-2)16-18-8-10-19(11-9-18)20-12-14-26-17-21(20)23(30)31/h8-12,14,17H,5-7,13,15-16H2,1-4H3,(H,30,31). The molecule has 0 radical (unpaired) electrons. The van der Waals surface area contributed by atoms with E-state index in [2.05, 4.69) is 18.8 Å². The molecule has 1 aromatic carbocycles. The number of aromatic nitrogens is 4. The van der Waals surface area contributed by atoms with E-state index < -0.39 is 11.8 Å². The molecule has 0 atom stereocenters. The molecule has 0 amide bonds. The third-order valence-electron chi connectivity index (χ3n) is 5.72. The normalized spacial score (nSPS) is 11.6. The second kappa shape index (κ2) is 11.2. The van der Waals surface area contributed by atoms with Crippen LogP contribution in [0.15, 0.2) is 42.7 Å². The summed E-state index contributed by atoms with van der Waals surface area (Å²) < 4.78 is 13.4. The number of pyridine rings is 1. The average molecular weight is 453 g/mol. The van der Waals surface area contributed by atoms with Gasteiger partial charge >= 0.3 is 5.97 Å². The topological polar surface area (TPSA) is 99.4 Å². The van der Waals surface area contributed by atoms with Crippen molar-refractivity contribution in [3.63, 3.8) is 0 Å². The second-order valence-electron chi connectivity index (χ2n) is 7.94. The molecule has 0 bridgehead atoms. The highest BCUT2D eigenvalue weighted by Gasteiger charge is 2.37. The van der Waals surface area contributed by atoms with E-state index in [-0.39, 0.29) is 5.56 Å². The van der Waals surface area contributed by atoms with Gasteiger partial charge < -0.3 is 14.6 Å². The van der Waals surface area contributed by atoms with E-state index in [4.69, 9.17) is 19.6 Å². The molecule has 0 unspecified atom stereocenters. The maximum atomic E-state index is 11.5. The van der Waals surface area contributed by atoms with Gasteiger partial charge in [-0.15, -0.1) is 0 Å². The molecular formula is C25H32N4O4. The minimum absolute atomic E-state index is 0.181. The fourth-order valence-electron chi connectivity index (χ4n) is 3.85. The highest BCUT2D eigenvalue weighted by atomic mass is 16.7. The summed E-state index contributed by atoms with van der Waals surface area (Å²) >= 11 is 0. The van der Waals surface area contributed by atoms with Gasteiger partial charge in [0.15, 0.2) is 0 Å². The highest BCUT2D eigenvalue weighted by molar-refractivity contribution is 5.95. The minimum atomic E-state index is -0.995. The van der Waals surface area contributed by atoms with Crippen LogP contribution in [-0.2, 0) is 28.2 Å². The number of nitrogens with zero attached hydrogens (tertiary/aromatic N) is 4. The summed E-state index contributed by atoms with van der Waals surface area (Å²) in [4.78, 5) is 20.3. The van der Waals surface area contributed by atoms with Crippen molar-refractivity contribution < 1.29 is 19.4 Å². The van der Waals surface area contributed by atoms with Crippen molar-refractivity contribution in [1.82, 2.24) is 19.7 Å². The smallest absolute Gasteiger partial charge is 0.337 e. The van der Waals surface area contributed by atoms with Gasteiger partial charge in [0.1, 0.15) is 5.82 Å². The van der Waals surface area contributed by atoms with Gasteiger partial charge in [0.2, 0.25) is 11.6 Å². The molecule has 3 rings (SSSR count). The molecule has 2 heterocycles. The van der Waals surface area contributed by atoms with Crippen LogP contribution in [0.5, 0.6) is 0 Å². The van der Waals surface area contributed by atoms with Crippen LogP contribution in [0.2, 0.25) is 0 Å². The quantitative estimate of drug-likeness (QED) is 0.399. The van der Waals surface area contributed by atoms with E-state index in [1.807, 2.05) is 28.9 Å². The Balaban J connectivity index is 1.89. The highest BCUT2D eigenvalue weighted by Crippen LogP contribution is 2.30. The monoisotopic (exact) mass is 452 g/mol. The molecule has 1 N–H and O–H groups in total. The van der Waals surface area contributed by atoms with Gasteiger partial charge in [0.25, 0.3) is 0 Å². The largest absolute Gasteiger partial charge is 0.478 e. The van der Waals surface area contributed by atoms with Gasteiger partial charge in [-0.2, -0.15) is 5.10 Å². The van der Waals surface area contributed by atoms with Crippen LogP contribution in [0.25, 0.3) is 11.1 Å². The fraction of sp³-hybridized carbons (Fsp3) is 0.440. The molecule has 0 aliphatic carbocycles. The van der Waals surface area contributed by atoms with Crippen LogP contribution in [0.4, 0.5) is 0 Å². The van der Waals surface area contributed by atoms with E-state index >= 15 is 0 Å². The van der Waals surface area contributed by atoms with E-state index in [0.29, 0.717) is 24.2 Å². The molecule has 0 saturated heterocycles. The fourth-order valence-corrected chi connectivity index (χ4v) is 3.85. The Kier molecular flexibility index (Phi) is 8.30. The van der Waals surface area contributed by atoms with Crippen molar-refractivity contribution in [2.45, 2.75) is 58.3 Å². The van der Waals surface area contributed by atoms with Gasteiger partial charge in [-0.1, -0.05) is 44.5 Å². The van der Waals surface area contributed by atoms with Crippen molar-refractivity contribution >= 4 is 5.97 Å². The van der Waals surface area contributed by atoms with E-state index in [9.17, 15) is 9.90 Å². The number of rotatable bonds is 12.